The number of hydrogen-bond acceptors (Lipinski definition) is 6. The molecule has 1 atom stereocenters. The van der Waals surface area contributed by atoms with Crippen molar-refractivity contribution in [3.8, 4) is 11.5 Å². The van der Waals surface area contributed by atoms with E-state index in [1.807, 2.05) is 30.3 Å². The molecule has 11 heteroatoms. The van der Waals surface area contributed by atoms with Crippen LogP contribution in [-0.2, 0) is 9.59 Å². The summed E-state index contributed by atoms with van der Waals surface area (Å²) in [6.07, 6.45) is 1.28. The Hall–Kier alpha value is -5.58. The van der Waals surface area contributed by atoms with Crippen LogP contribution in [0.4, 0.5) is 15.8 Å². The van der Waals surface area contributed by atoms with Crippen LogP contribution in [0.3, 0.4) is 0 Å². The van der Waals surface area contributed by atoms with Crippen LogP contribution in [-0.4, -0.2) is 31.9 Å². The van der Waals surface area contributed by atoms with Gasteiger partial charge in [0.1, 0.15) is 28.3 Å². The van der Waals surface area contributed by atoms with E-state index in [1.54, 1.807) is 72.8 Å². The van der Waals surface area contributed by atoms with Gasteiger partial charge >= 0.3 is 0 Å². The summed E-state index contributed by atoms with van der Waals surface area (Å²) in [5, 5.41) is 7.94. The number of carbonyl (C=O) groups excluding carboxylic acids is 3. The zero-order valence-corrected chi connectivity index (χ0v) is 28.0. The quantitative estimate of drug-likeness (QED) is 0.0895. The zero-order valence-electron chi connectivity index (χ0n) is 26.4. The third-order valence-corrected chi connectivity index (χ3v) is 8.73. The van der Waals surface area contributed by atoms with Crippen molar-refractivity contribution in [2.45, 2.75) is 10.1 Å². The molecule has 0 aliphatic carbocycles. The standard InChI is InChI=1S/C38H31ClFN3O5S/c1-47-33-23-34(48-2)31(22-29(33)39)42-38(46)35(24-11-5-3-6-12-24)49-28-19-17-27(18-20-28)41-37(45)32(21-26-15-9-10-16-30(26)40)43-36(44)25-13-7-4-8-14-25/h3-23,35H,1-2H3,(H,41,45)(H,42,46)(H,43,44)/b32-21-. The number of carbonyl (C=O) groups is 3. The van der Waals surface area contributed by atoms with Gasteiger partial charge in [-0.3, -0.25) is 14.4 Å². The lowest BCUT2D eigenvalue weighted by molar-refractivity contribution is -0.116. The second-order valence-corrected chi connectivity index (χ2v) is 12.0. The van der Waals surface area contributed by atoms with Gasteiger partial charge < -0.3 is 25.4 Å². The Balaban J connectivity index is 1.35. The van der Waals surface area contributed by atoms with E-state index in [0.717, 1.165) is 10.5 Å². The molecular formula is C38H31ClFN3O5S. The molecule has 3 amide bonds. The minimum Gasteiger partial charge on any atom is -0.495 e. The summed E-state index contributed by atoms with van der Waals surface area (Å²) in [6.45, 7) is 0. The van der Waals surface area contributed by atoms with Crippen LogP contribution in [0.1, 0.15) is 26.7 Å². The Bertz CT molecular complexity index is 1980. The summed E-state index contributed by atoms with van der Waals surface area (Å²) < 4.78 is 25.2. The fourth-order valence-corrected chi connectivity index (χ4v) is 5.96. The van der Waals surface area contributed by atoms with Gasteiger partial charge in [0.2, 0.25) is 5.91 Å². The average Bonchev–Trinajstić information content (AvgIpc) is 3.12. The van der Waals surface area contributed by atoms with Crippen molar-refractivity contribution < 1.29 is 28.2 Å². The van der Waals surface area contributed by atoms with E-state index in [0.29, 0.717) is 33.5 Å². The SMILES string of the molecule is COc1cc(OC)c(NC(=O)C(Sc2ccc(NC(=O)/C(=C/c3ccccc3F)NC(=O)c3ccccc3)cc2)c2ccccc2)cc1Cl. The number of nitrogens with one attached hydrogen (secondary N) is 3. The third-order valence-electron chi connectivity index (χ3n) is 7.17. The number of ether oxygens (including phenoxy) is 2. The van der Waals surface area contributed by atoms with E-state index in [-0.39, 0.29) is 17.2 Å². The molecular weight excluding hydrogens is 665 g/mol. The Morgan fingerprint density at radius 1 is 0.776 bits per heavy atom. The molecule has 0 aliphatic heterocycles. The molecule has 0 spiro atoms. The molecule has 0 radical (unpaired) electrons. The van der Waals surface area contributed by atoms with Gasteiger partial charge in [0.25, 0.3) is 11.8 Å². The lowest BCUT2D eigenvalue weighted by Crippen LogP contribution is -2.30. The predicted octanol–water partition coefficient (Wildman–Crippen LogP) is 8.38. The molecule has 0 fully saturated rings. The fourth-order valence-electron chi connectivity index (χ4n) is 4.70. The van der Waals surface area contributed by atoms with Crippen LogP contribution >= 0.6 is 23.4 Å². The largest absolute Gasteiger partial charge is 0.495 e. The molecule has 0 bridgehead atoms. The van der Waals surface area contributed by atoms with Crippen molar-refractivity contribution in [1.29, 1.82) is 0 Å². The fraction of sp³-hybridized carbons (Fsp3) is 0.0789. The first-order valence-electron chi connectivity index (χ1n) is 14.9. The number of benzene rings is 5. The van der Waals surface area contributed by atoms with Crippen LogP contribution in [0.15, 0.2) is 132 Å². The molecule has 5 aromatic carbocycles. The molecule has 0 aliphatic rings. The second-order valence-electron chi connectivity index (χ2n) is 10.5. The van der Waals surface area contributed by atoms with Gasteiger partial charge in [-0.2, -0.15) is 0 Å². The average molecular weight is 696 g/mol. The minimum absolute atomic E-state index is 0.132. The van der Waals surface area contributed by atoms with Crippen molar-refractivity contribution in [2.75, 3.05) is 24.9 Å². The summed E-state index contributed by atoms with van der Waals surface area (Å²) in [6, 6.07) is 33.6. The minimum atomic E-state index is -0.671. The monoisotopic (exact) mass is 695 g/mol. The highest BCUT2D eigenvalue weighted by Crippen LogP contribution is 2.40. The maximum atomic E-state index is 14.5. The van der Waals surface area contributed by atoms with E-state index in [2.05, 4.69) is 16.0 Å². The lowest BCUT2D eigenvalue weighted by Gasteiger charge is -2.19. The van der Waals surface area contributed by atoms with E-state index in [1.165, 1.54) is 50.3 Å². The molecule has 0 heterocycles. The molecule has 0 aromatic heterocycles. The highest BCUT2D eigenvalue weighted by molar-refractivity contribution is 8.00. The molecule has 5 rings (SSSR count). The molecule has 1 unspecified atom stereocenters. The van der Waals surface area contributed by atoms with Crippen molar-refractivity contribution in [1.82, 2.24) is 5.32 Å². The van der Waals surface area contributed by atoms with Crippen molar-refractivity contribution in [2.24, 2.45) is 0 Å². The Morgan fingerprint density at radius 2 is 1.41 bits per heavy atom. The Kier molecular flexibility index (Phi) is 11.7. The van der Waals surface area contributed by atoms with Crippen LogP contribution in [0.25, 0.3) is 6.08 Å². The number of hydrogen-bond donors (Lipinski definition) is 3. The van der Waals surface area contributed by atoms with Gasteiger partial charge in [-0.1, -0.05) is 78.3 Å². The predicted molar refractivity (Wildman–Crippen MR) is 192 cm³/mol. The topological polar surface area (TPSA) is 106 Å². The summed E-state index contributed by atoms with van der Waals surface area (Å²) in [4.78, 5) is 40.8. The summed E-state index contributed by atoms with van der Waals surface area (Å²) in [5.41, 5.74) is 1.89. The lowest BCUT2D eigenvalue weighted by atomic mass is 10.1. The zero-order chi connectivity index (χ0) is 34.8. The summed E-state index contributed by atoms with van der Waals surface area (Å²) in [7, 11) is 2.97. The van der Waals surface area contributed by atoms with Crippen molar-refractivity contribution in [3.63, 3.8) is 0 Å². The van der Waals surface area contributed by atoms with E-state index >= 15 is 0 Å². The normalized spacial score (nSPS) is 11.6. The van der Waals surface area contributed by atoms with Crippen LogP contribution in [0.2, 0.25) is 5.02 Å². The van der Waals surface area contributed by atoms with Crippen LogP contribution < -0.4 is 25.4 Å². The highest BCUT2D eigenvalue weighted by Gasteiger charge is 2.24. The van der Waals surface area contributed by atoms with E-state index in [4.69, 9.17) is 21.1 Å². The first-order chi connectivity index (χ1) is 23.7. The van der Waals surface area contributed by atoms with Crippen LogP contribution in [0.5, 0.6) is 11.5 Å². The van der Waals surface area contributed by atoms with Gasteiger partial charge in [0, 0.05) is 27.8 Å². The highest BCUT2D eigenvalue weighted by atomic mass is 35.5. The molecule has 0 saturated heterocycles. The molecule has 8 nitrogen and oxygen atoms in total. The van der Waals surface area contributed by atoms with Gasteiger partial charge in [-0.25, -0.2) is 4.39 Å². The van der Waals surface area contributed by atoms with Crippen LogP contribution in [0, 0.1) is 5.82 Å². The van der Waals surface area contributed by atoms with Gasteiger partial charge in [0.05, 0.1) is 24.9 Å². The number of rotatable bonds is 12. The summed E-state index contributed by atoms with van der Waals surface area (Å²) >= 11 is 7.64. The Labute approximate surface area is 292 Å². The number of anilines is 2. The van der Waals surface area contributed by atoms with Crippen molar-refractivity contribution >= 4 is 58.5 Å². The maximum absolute atomic E-state index is 14.5. The van der Waals surface area contributed by atoms with E-state index in [9.17, 15) is 18.8 Å². The first-order valence-corrected chi connectivity index (χ1v) is 16.2. The molecule has 3 N–H and O–H groups in total. The number of halogens is 2. The summed E-state index contributed by atoms with van der Waals surface area (Å²) in [5.74, 6) is -1.24. The maximum Gasteiger partial charge on any atom is 0.272 e. The number of amides is 3. The van der Waals surface area contributed by atoms with Crippen molar-refractivity contribution in [3.05, 3.63) is 155 Å². The van der Waals surface area contributed by atoms with Gasteiger partial charge in [-0.05, 0) is 60.2 Å². The van der Waals surface area contributed by atoms with E-state index < -0.39 is 22.9 Å². The first kappa shape index (κ1) is 34.7. The second kappa shape index (κ2) is 16.5. The third kappa shape index (κ3) is 9.07. The molecule has 248 valence electrons. The van der Waals surface area contributed by atoms with Gasteiger partial charge in [0.15, 0.2) is 0 Å². The smallest absolute Gasteiger partial charge is 0.272 e. The van der Waals surface area contributed by atoms with Gasteiger partial charge in [-0.15, -0.1) is 11.8 Å². The number of methoxy groups -OCH3 is 2. The molecule has 0 saturated carbocycles. The molecule has 49 heavy (non-hydrogen) atoms. The number of thioether (sulfide) groups is 1. The Morgan fingerprint density at radius 3 is 2.06 bits per heavy atom. The molecule has 5 aromatic rings.